The molecule has 0 saturated carbocycles. The van der Waals surface area contributed by atoms with Gasteiger partial charge in [-0.15, -0.1) is 0 Å². The van der Waals surface area contributed by atoms with Gasteiger partial charge in [0.05, 0.1) is 29.6 Å². The maximum Gasteiger partial charge on any atom is 0.433 e. The van der Waals surface area contributed by atoms with Gasteiger partial charge >= 0.3 is 6.18 Å². The zero-order valence-electron chi connectivity index (χ0n) is 16.6. The number of aromatic nitrogens is 6. The van der Waals surface area contributed by atoms with E-state index in [1.807, 2.05) is 0 Å². The van der Waals surface area contributed by atoms with Crippen molar-refractivity contribution in [2.75, 3.05) is 10.6 Å². The smallest absolute Gasteiger partial charge is 0.346 e. The molecule has 4 aromatic rings. The van der Waals surface area contributed by atoms with Gasteiger partial charge in [0.25, 0.3) is 0 Å². The van der Waals surface area contributed by atoms with Gasteiger partial charge in [-0.25, -0.2) is 18.7 Å². The molecule has 0 bridgehead atoms. The fourth-order valence-electron chi connectivity index (χ4n) is 2.93. The molecule has 0 radical (unpaired) electrons. The summed E-state index contributed by atoms with van der Waals surface area (Å²) in [5.41, 5.74) is -1.49. The van der Waals surface area contributed by atoms with Crippen molar-refractivity contribution in [3.63, 3.8) is 0 Å². The van der Waals surface area contributed by atoms with Crippen LogP contribution in [0.3, 0.4) is 0 Å². The first-order valence-corrected chi connectivity index (χ1v) is 9.18. The van der Waals surface area contributed by atoms with Crippen LogP contribution in [0, 0.1) is 11.6 Å². The topological polar surface area (TPSA) is 93.4 Å². The van der Waals surface area contributed by atoms with Crippen LogP contribution in [0.5, 0.6) is 0 Å². The molecule has 0 aliphatic heterocycles. The predicted molar refractivity (Wildman–Crippen MR) is 105 cm³/mol. The molecule has 1 unspecified atom stereocenters. The summed E-state index contributed by atoms with van der Waals surface area (Å²) < 4.78 is 68.3. The Morgan fingerprint density at radius 2 is 1.84 bits per heavy atom. The van der Waals surface area contributed by atoms with Crippen LogP contribution in [0.25, 0.3) is 11.0 Å². The summed E-state index contributed by atoms with van der Waals surface area (Å²) in [6.45, 7) is 1.52. The first-order chi connectivity index (χ1) is 15.1. The maximum absolute atomic E-state index is 14.1. The van der Waals surface area contributed by atoms with Gasteiger partial charge in [-0.1, -0.05) is 0 Å². The number of nitrogens with one attached hydrogen (secondary N) is 2. The van der Waals surface area contributed by atoms with E-state index < -0.39 is 29.5 Å². The molecule has 0 amide bonds. The van der Waals surface area contributed by atoms with E-state index in [-0.39, 0.29) is 28.5 Å². The summed E-state index contributed by atoms with van der Waals surface area (Å²) in [4.78, 5) is 19.8. The van der Waals surface area contributed by atoms with Crippen molar-refractivity contribution in [3.05, 3.63) is 59.9 Å². The molecule has 0 fully saturated rings. The van der Waals surface area contributed by atoms with Gasteiger partial charge in [0.15, 0.2) is 5.65 Å². The summed E-state index contributed by atoms with van der Waals surface area (Å²) in [6, 6.07) is 1.86. The summed E-state index contributed by atoms with van der Waals surface area (Å²) in [5.74, 6) is -1.35. The van der Waals surface area contributed by atoms with Crippen molar-refractivity contribution in [3.8, 4) is 0 Å². The molecule has 13 heteroatoms. The number of nitrogens with zero attached hydrogens (tertiary/aromatic N) is 6. The minimum atomic E-state index is -4.67. The minimum absolute atomic E-state index is 0.119. The second-order valence-corrected chi connectivity index (χ2v) is 6.90. The highest BCUT2D eigenvalue weighted by atomic mass is 19.4. The molecule has 2 N–H and O–H groups in total. The Bertz CT molecular complexity index is 1290. The standard InChI is InChI=1S/C19H15F5N8/c1-9(15-12(21)5-10(20)6-25-15)27-18-30-16-11(3-4-13(28-16)19(22,23)24)17(31-18)29-14-7-32(2)8-26-14/h3-9H,1-2H3,(H2,27,28,29,30,31). The first kappa shape index (κ1) is 21.3. The zero-order valence-corrected chi connectivity index (χ0v) is 16.6. The second kappa shape index (κ2) is 7.98. The largest absolute Gasteiger partial charge is 0.433 e. The van der Waals surface area contributed by atoms with Crippen LogP contribution in [-0.2, 0) is 13.2 Å². The Hall–Kier alpha value is -3.90. The van der Waals surface area contributed by atoms with Gasteiger partial charge in [0.2, 0.25) is 5.95 Å². The van der Waals surface area contributed by atoms with Gasteiger partial charge in [-0.05, 0) is 19.1 Å². The molecule has 4 aromatic heterocycles. The van der Waals surface area contributed by atoms with Crippen molar-refractivity contribution in [1.29, 1.82) is 0 Å². The average molecular weight is 450 g/mol. The van der Waals surface area contributed by atoms with Crippen molar-refractivity contribution in [2.24, 2.45) is 7.05 Å². The third kappa shape index (κ3) is 4.40. The van der Waals surface area contributed by atoms with E-state index in [1.165, 1.54) is 19.3 Å². The van der Waals surface area contributed by atoms with Crippen molar-refractivity contribution in [2.45, 2.75) is 19.1 Å². The van der Waals surface area contributed by atoms with Gasteiger partial charge in [-0.2, -0.15) is 23.1 Å². The quantitative estimate of drug-likeness (QED) is 0.436. The normalized spacial score (nSPS) is 12.7. The molecule has 0 aliphatic rings. The molecule has 32 heavy (non-hydrogen) atoms. The van der Waals surface area contributed by atoms with Crippen LogP contribution in [-0.4, -0.2) is 29.5 Å². The molecule has 0 spiro atoms. The van der Waals surface area contributed by atoms with E-state index in [0.717, 1.165) is 12.3 Å². The number of rotatable bonds is 5. The van der Waals surface area contributed by atoms with E-state index in [2.05, 4.69) is 35.6 Å². The number of anilines is 3. The second-order valence-electron chi connectivity index (χ2n) is 6.90. The average Bonchev–Trinajstić information content (AvgIpc) is 3.11. The highest BCUT2D eigenvalue weighted by Crippen LogP contribution is 2.31. The monoisotopic (exact) mass is 450 g/mol. The number of imidazole rings is 1. The van der Waals surface area contributed by atoms with Crippen molar-refractivity contribution < 1.29 is 22.0 Å². The third-order valence-electron chi connectivity index (χ3n) is 4.39. The molecule has 0 aliphatic carbocycles. The van der Waals surface area contributed by atoms with Crippen LogP contribution in [0.4, 0.5) is 39.5 Å². The summed E-state index contributed by atoms with van der Waals surface area (Å²) in [7, 11) is 1.74. The summed E-state index contributed by atoms with van der Waals surface area (Å²) in [6.07, 6.45) is -0.659. The molecular formula is C19H15F5N8. The lowest BCUT2D eigenvalue weighted by molar-refractivity contribution is -0.141. The minimum Gasteiger partial charge on any atom is -0.346 e. The third-order valence-corrected chi connectivity index (χ3v) is 4.39. The Balaban J connectivity index is 1.76. The molecule has 166 valence electrons. The van der Waals surface area contributed by atoms with Crippen molar-refractivity contribution in [1.82, 2.24) is 29.5 Å². The van der Waals surface area contributed by atoms with Gasteiger partial charge < -0.3 is 15.2 Å². The van der Waals surface area contributed by atoms with E-state index in [4.69, 9.17) is 0 Å². The van der Waals surface area contributed by atoms with Crippen LogP contribution >= 0.6 is 0 Å². The number of fused-ring (bicyclic) bond motifs is 1. The fourth-order valence-corrected chi connectivity index (χ4v) is 2.93. The number of halogens is 5. The van der Waals surface area contributed by atoms with E-state index in [1.54, 1.807) is 17.8 Å². The lowest BCUT2D eigenvalue weighted by Gasteiger charge is -2.16. The molecule has 8 nitrogen and oxygen atoms in total. The number of aryl methyl sites for hydroxylation is 1. The van der Waals surface area contributed by atoms with Gasteiger partial charge in [0, 0.05) is 19.3 Å². The van der Waals surface area contributed by atoms with Crippen LogP contribution in [0.1, 0.15) is 24.4 Å². The predicted octanol–water partition coefficient (Wildman–Crippen LogP) is 4.37. The number of hydrogen-bond donors (Lipinski definition) is 2. The first-order valence-electron chi connectivity index (χ1n) is 9.18. The molecule has 0 aromatic carbocycles. The van der Waals surface area contributed by atoms with Crippen LogP contribution in [0.2, 0.25) is 0 Å². The highest BCUT2D eigenvalue weighted by molar-refractivity contribution is 5.89. The number of pyridine rings is 2. The van der Waals surface area contributed by atoms with Crippen LogP contribution < -0.4 is 10.6 Å². The Labute approximate surface area is 177 Å². The van der Waals surface area contributed by atoms with E-state index in [9.17, 15) is 22.0 Å². The molecule has 4 heterocycles. The lowest BCUT2D eigenvalue weighted by atomic mass is 10.2. The zero-order chi connectivity index (χ0) is 23.0. The Morgan fingerprint density at radius 1 is 1.06 bits per heavy atom. The number of hydrogen-bond acceptors (Lipinski definition) is 7. The SMILES string of the molecule is CC(Nc1nc(Nc2cn(C)cn2)c2ccc(C(F)(F)F)nc2n1)c1ncc(F)cc1F. The highest BCUT2D eigenvalue weighted by Gasteiger charge is 2.33. The molecule has 4 rings (SSSR count). The maximum atomic E-state index is 14.1. The Morgan fingerprint density at radius 3 is 2.50 bits per heavy atom. The lowest BCUT2D eigenvalue weighted by Crippen LogP contribution is -2.14. The van der Waals surface area contributed by atoms with E-state index >= 15 is 0 Å². The fraction of sp³-hybridized carbons (Fsp3) is 0.211. The molecule has 1 atom stereocenters. The Kier molecular flexibility index (Phi) is 5.32. The van der Waals surface area contributed by atoms with E-state index in [0.29, 0.717) is 11.9 Å². The van der Waals surface area contributed by atoms with Gasteiger partial charge in [0.1, 0.15) is 29.0 Å². The molecule has 0 saturated heterocycles. The van der Waals surface area contributed by atoms with Gasteiger partial charge in [-0.3, -0.25) is 4.98 Å². The number of alkyl halides is 3. The van der Waals surface area contributed by atoms with Crippen molar-refractivity contribution >= 4 is 28.6 Å². The molecular weight excluding hydrogens is 435 g/mol. The summed E-state index contributed by atoms with van der Waals surface area (Å²) in [5, 5.41) is 5.90. The summed E-state index contributed by atoms with van der Waals surface area (Å²) >= 11 is 0. The van der Waals surface area contributed by atoms with Crippen LogP contribution in [0.15, 0.2) is 36.9 Å².